The molecule has 0 radical (unpaired) electrons. The van der Waals surface area contributed by atoms with Gasteiger partial charge < -0.3 is 24.6 Å². The fourth-order valence-electron chi connectivity index (χ4n) is 3.71. The Morgan fingerprint density at radius 1 is 1.30 bits per heavy atom. The third kappa shape index (κ3) is 2.35. The van der Waals surface area contributed by atoms with Crippen LogP contribution in [0.15, 0.2) is 0 Å². The Kier molecular flexibility index (Phi) is 3.99. The SMILES string of the molecule is O=C(COCC1CCCO1)N1CC2C(C1)C2(CO)CO. The molecule has 6 nitrogen and oxygen atoms in total. The van der Waals surface area contributed by atoms with Crippen molar-refractivity contribution in [3.8, 4) is 0 Å². The fraction of sp³-hybridized carbons (Fsp3) is 0.929. The van der Waals surface area contributed by atoms with Gasteiger partial charge in [0, 0.05) is 25.1 Å². The molecule has 0 spiro atoms. The predicted octanol–water partition coefficient (Wildman–Crippen LogP) is -0.759. The van der Waals surface area contributed by atoms with Crippen LogP contribution in [0, 0.1) is 17.3 Å². The maximum Gasteiger partial charge on any atom is 0.248 e. The molecule has 0 aromatic carbocycles. The number of hydrogen-bond acceptors (Lipinski definition) is 5. The summed E-state index contributed by atoms with van der Waals surface area (Å²) >= 11 is 0. The average Bonchev–Trinajstić information content (AvgIpc) is 2.91. The smallest absolute Gasteiger partial charge is 0.248 e. The largest absolute Gasteiger partial charge is 0.396 e. The zero-order chi connectivity index (χ0) is 14.2. The monoisotopic (exact) mass is 285 g/mol. The molecule has 3 rings (SSSR count). The van der Waals surface area contributed by atoms with Gasteiger partial charge in [0.1, 0.15) is 6.61 Å². The van der Waals surface area contributed by atoms with E-state index in [1.807, 2.05) is 0 Å². The van der Waals surface area contributed by atoms with Crippen LogP contribution in [0.1, 0.15) is 12.8 Å². The molecule has 0 aromatic heterocycles. The Hall–Kier alpha value is -0.690. The third-order valence-corrected chi connectivity index (χ3v) is 5.18. The molecule has 6 heteroatoms. The molecular formula is C14H23NO5. The summed E-state index contributed by atoms with van der Waals surface area (Å²) in [7, 11) is 0. The second-order valence-corrected chi connectivity index (χ2v) is 6.21. The van der Waals surface area contributed by atoms with Gasteiger partial charge in [0.2, 0.25) is 5.91 Å². The van der Waals surface area contributed by atoms with Crippen molar-refractivity contribution in [2.24, 2.45) is 17.3 Å². The van der Waals surface area contributed by atoms with E-state index in [-0.39, 0.29) is 49.1 Å². The second-order valence-electron chi connectivity index (χ2n) is 6.21. The highest BCUT2D eigenvalue weighted by Gasteiger charge is 2.67. The van der Waals surface area contributed by atoms with E-state index in [0.29, 0.717) is 19.7 Å². The number of rotatable bonds is 6. The normalized spacial score (nSPS) is 34.3. The molecule has 2 heterocycles. The van der Waals surface area contributed by atoms with Crippen LogP contribution in [-0.4, -0.2) is 73.2 Å². The van der Waals surface area contributed by atoms with Crippen molar-refractivity contribution in [1.29, 1.82) is 0 Å². The van der Waals surface area contributed by atoms with E-state index in [9.17, 15) is 15.0 Å². The van der Waals surface area contributed by atoms with Crippen LogP contribution in [0.2, 0.25) is 0 Å². The van der Waals surface area contributed by atoms with Crippen molar-refractivity contribution in [2.75, 3.05) is 46.1 Å². The maximum atomic E-state index is 12.0. The zero-order valence-electron chi connectivity index (χ0n) is 11.7. The molecule has 114 valence electrons. The molecule has 3 atom stereocenters. The van der Waals surface area contributed by atoms with Gasteiger partial charge >= 0.3 is 0 Å². The Balaban J connectivity index is 1.38. The van der Waals surface area contributed by atoms with Crippen LogP contribution in [0.25, 0.3) is 0 Å². The lowest BCUT2D eigenvalue weighted by Gasteiger charge is -2.24. The fourth-order valence-corrected chi connectivity index (χ4v) is 3.71. The molecule has 0 aromatic rings. The molecule has 0 bridgehead atoms. The van der Waals surface area contributed by atoms with Gasteiger partial charge in [0.15, 0.2) is 0 Å². The van der Waals surface area contributed by atoms with Gasteiger partial charge in [-0.2, -0.15) is 0 Å². The van der Waals surface area contributed by atoms with Gasteiger partial charge in [-0.25, -0.2) is 0 Å². The van der Waals surface area contributed by atoms with E-state index in [0.717, 1.165) is 19.4 Å². The van der Waals surface area contributed by atoms with Gasteiger partial charge in [0.05, 0.1) is 25.9 Å². The van der Waals surface area contributed by atoms with Gasteiger partial charge in [-0.15, -0.1) is 0 Å². The second kappa shape index (κ2) is 5.60. The molecule has 3 aliphatic rings. The minimum absolute atomic E-state index is 0.0000217. The van der Waals surface area contributed by atoms with Crippen LogP contribution in [0.5, 0.6) is 0 Å². The molecular weight excluding hydrogens is 262 g/mol. The number of nitrogens with zero attached hydrogens (tertiary/aromatic N) is 1. The van der Waals surface area contributed by atoms with E-state index in [2.05, 4.69) is 0 Å². The number of piperidine rings is 1. The number of aliphatic hydroxyl groups excluding tert-OH is 2. The summed E-state index contributed by atoms with van der Waals surface area (Å²) in [5, 5.41) is 18.7. The number of ether oxygens (including phenoxy) is 2. The standard InChI is InChI=1S/C14H23NO5/c16-8-14(9-17)11-4-15(5-12(11)14)13(18)7-19-6-10-2-1-3-20-10/h10-12,16-17H,1-9H2. The molecule has 1 aliphatic carbocycles. The number of likely N-dealkylation sites (tertiary alicyclic amines) is 1. The highest BCUT2D eigenvalue weighted by atomic mass is 16.5. The summed E-state index contributed by atoms with van der Waals surface area (Å²) in [6.07, 6.45) is 2.23. The summed E-state index contributed by atoms with van der Waals surface area (Å²) in [5.41, 5.74) is -0.338. The maximum absolute atomic E-state index is 12.0. The Morgan fingerprint density at radius 2 is 2.00 bits per heavy atom. The van der Waals surface area contributed by atoms with Crippen LogP contribution < -0.4 is 0 Å². The first-order chi connectivity index (χ1) is 9.71. The van der Waals surface area contributed by atoms with Crippen molar-refractivity contribution in [3.05, 3.63) is 0 Å². The molecule has 1 amide bonds. The van der Waals surface area contributed by atoms with E-state index in [1.165, 1.54) is 0 Å². The average molecular weight is 285 g/mol. The van der Waals surface area contributed by atoms with E-state index in [4.69, 9.17) is 9.47 Å². The molecule has 2 saturated heterocycles. The van der Waals surface area contributed by atoms with Crippen molar-refractivity contribution < 1.29 is 24.5 Å². The first-order valence-corrected chi connectivity index (χ1v) is 7.40. The van der Waals surface area contributed by atoms with Crippen molar-refractivity contribution >= 4 is 5.91 Å². The summed E-state index contributed by atoms with van der Waals surface area (Å²) in [6, 6.07) is 0. The van der Waals surface area contributed by atoms with Crippen LogP contribution in [0.3, 0.4) is 0 Å². The summed E-state index contributed by atoms with van der Waals surface area (Å²) < 4.78 is 10.9. The lowest BCUT2D eigenvalue weighted by atomic mass is 10.0. The molecule has 2 N–H and O–H groups in total. The van der Waals surface area contributed by atoms with Gasteiger partial charge in [-0.3, -0.25) is 4.79 Å². The number of aliphatic hydroxyl groups is 2. The first-order valence-electron chi connectivity index (χ1n) is 7.40. The molecule has 2 aliphatic heterocycles. The Labute approximate surface area is 118 Å². The summed E-state index contributed by atoms with van der Waals surface area (Å²) in [6.45, 7) is 2.67. The quantitative estimate of drug-likeness (QED) is 0.671. The van der Waals surface area contributed by atoms with Crippen molar-refractivity contribution in [1.82, 2.24) is 4.90 Å². The van der Waals surface area contributed by atoms with Gasteiger partial charge in [-0.05, 0) is 24.7 Å². The van der Waals surface area contributed by atoms with Crippen LogP contribution in [0.4, 0.5) is 0 Å². The minimum atomic E-state index is -0.338. The van der Waals surface area contributed by atoms with E-state index >= 15 is 0 Å². The van der Waals surface area contributed by atoms with Gasteiger partial charge in [0.25, 0.3) is 0 Å². The van der Waals surface area contributed by atoms with E-state index in [1.54, 1.807) is 4.90 Å². The zero-order valence-corrected chi connectivity index (χ0v) is 11.7. The third-order valence-electron chi connectivity index (χ3n) is 5.18. The number of carbonyl (C=O) groups is 1. The lowest BCUT2D eigenvalue weighted by Crippen LogP contribution is -2.38. The Bertz CT molecular complexity index is 351. The summed E-state index contributed by atoms with van der Waals surface area (Å²) in [5.74, 6) is 0.499. The lowest BCUT2D eigenvalue weighted by molar-refractivity contribution is -0.137. The van der Waals surface area contributed by atoms with Crippen molar-refractivity contribution in [2.45, 2.75) is 18.9 Å². The Morgan fingerprint density at radius 3 is 2.55 bits per heavy atom. The molecule has 3 unspecified atom stereocenters. The predicted molar refractivity (Wildman–Crippen MR) is 70.0 cm³/mol. The molecule has 20 heavy (non-hydrogen) atoms. The highest BCUT2D eigenvalue weighted by molar-refractivity contribution is 5.78. The highest BCUT2D eigenvalue weighted by Crippen LogP contribution is 2.61. The van der Waals surface area contributed by atoms with Gasteiger partial charge in [-0.1, -0.05) is 0 Å². The number of amides is 1. The number of hydrogen-bond donors (Lipinski definition) is 2. The number of fused-ring (bicyclic) bond motifs is 1. The summed E-state index contributed by atoms with van der Waals surface area (Å²) in [4.78, 5) is 13.8. The van der Waals surface area contributed by atoms with Crippen LogP contribution in [-0.2, 0) is 14.3 Å². The topological polar surface area (TPSA) is 79.2 Å². The first kappa shape index (κ1) is 14.3. The molecule has 1 saturated carbocycles. The number of carbonyl (C=O) groups excluding carboxylic acids is 1. The van der Waals surface area contributed by atoms with Crippen molar-refractivity contribution in [3.63, 3.8) is 0 Å². The molecule has 3 fully saturated rings. The van der Waals surface area contributed by atoms with Crippen LogP contribution >= 0.6 is 0 Å². The minimum Gasteiger partial charge on any atom is -0.396 e. The van der Waals surface area contributed by atoms with E-state index < -0.39 is 0 Å².